The van der Waals surface area contributed by atoms with E-state index in [-0.39, 0.29) is 48.2 Å². The highest BCUT2D eigenvalue weighted by atomic mass is 32.2. The van der Waals surface area contributed by atoms with E-state index in [1.54, 1.807) is 21.9 Å². The van der Waals surface area contributed by atoms with E-state index in [4.69, 9.17) is 9.72 Å². The Bertz CT molecular complexity index is 1910. The first kappa shape index (κ1) is 38.7. The molecule has 0 aliphatic carbocycles. The lowest BCUT2D eigenvalue weighted by molar-refractivity contribution is -0.128. The highest BCUT2D eigenvalue weighted by Crippen LogP contribution is 2.25. The average Bonchev–Trinajstić information content (AvgIpc) is 3.49. The Morgan fingerprint density at radius 3 is 2.31 bits per heavy atom. The molecule has 4 aromatic rings. The monoisotopic (exact) mass is 729 g/mol. The lowest BCUT2D eigenvalue weighted by Gasteiger charge is -2.35. The summed E-state index contributed by atoms with van der Waals surface area (Å²) in [6, 6.07) is 25.4. The molecule has 4 atom stereocenters. The zero-order valence-corrected chi connectivity index (χ0v) is 31.5. The summed E-state index contributed by atoms with van der Waals surface area (Å²) in [4.78, 5) is 36.4. The predicted molar refractivity (Wildman–Crippen MR) is 202 cm³/mol. The molecule has 5 rings (SSSR count). The van der Waals surface area contributed by atoms with Crippen LogP contribution >= 0.6 is 0 Å². The Morgan fingerprint density at radius 2 is 1.63 bits per heavy atom. The standard InChI is InChI=1S/C40H51N5O6S/c1-6-29(4)38(45-23-22-43(40(45)48)26-32-17-16-31-14-10-11-15-35(31)41-32)39(47)42-36(24-30-12-8-7-9-13-30)37(46)27-44(25-28(2)3)52(49,50)34-20-18-33(51-5)19-21-34/h7-21,28-29,36-38,46H,6,22-27H2,1-5H3,(H,42,47)/t29?,36-,37+,38?/m0/s1. The highest BCUT2D eigenvalue weighted by molar-refractivity contribution is 7.89. The minimum absolute atomic E-state index is 0.0360. The maximum absolute atomic E-state index is 14.3. The number of urea groups is 1. The number of methoxy groups -OCH3 is 1. The van der Waals surface area contributed by atoms with E-state index in [2.05, 4.69) is 5.32 Å². The number of amides is 3. The van der Waals surface area contributed by atoms with Crippen LogP contribution in [0.1, 0.15) is 45.4 Å². The SMILES string of the molecule is CCC(C)C(C(=O)N[C@@H](Cc1ccccc1)[C@H](O)CN(CC(C)C)S(=O)(=O)c1ccc(OC)cc1)N1CCN(Cc2ccc3ccccc3n2)C1=O. The van der Waals surface area contributed by atoms with Crippen LogP contribution in [0.3, 0.4) is 0 Å². The first-order valence-electron chi connectivity index (χ1n) is 18.0. The number of carbonyl (C=O) groups is 2. The number of hydrogen-bond donors (Lipinski definition) is 2. The van der Waals surface area contributed by atoms with Gasteiger partial charge in [0.05, 0.1) is 41.9 Å². The van der Waals surface area contributed by atoms with Gasteiger partial charge in [-0.25, -0.2) is 13.2 Å². The Labute approximate surface area is 307 Å². The maximum atomic E-state index is 14.3. The number of pyridine rings is 1. The summed E-state index contributed by atoms with van der Waals surface area (Å²) in [7, 11) is -2.50. The van der Waals surface area contributed by atoms with Gasteiger partial charge in [-0.3, -0.25) is 9.78 Å². The van der Waals surface area contributed by atoms with Gasteiger partial charge < -0.3 is 25.0 Å². The minimum Gasteiger partial charge on any atom is -0.497 e. The predicted octanol–water partition coefficient (Wildman–Crippen LogP) is 5.33. The number of nitrogens with zero attached hydrogens (tertiary/aromatic N) is 4. The van der Waals surface area contributed by atoms with Crippen LogP contribution in [-0.4, -0.2) is 96.0 Å². The summed E-state index contributed by atoms with van der Waals surface area (Å²) >= 11 is 0. The van der Waals surface area contributed by atoms with Crippen LogP contribution in [0.5, 0.6) is 5.75 Å². The lowest BCUT2D eigenvalue weighted by Crippen LogP contribution is -2.57. The van der Waals surface area contributed by atoms with Gasteiger partial charge in [0.2, 0.25) is 15.9 Å². The van der Waals surface area contributed by atoms with Crippen molar-refractivity contribution in [3.05, 3.63) is 102 Å². The molecule has 2 N–H and O–H groups in total. The van der Waals surface area contributed by atoms with Crippen LogP contribution in [0.25, 0.3) is 10.9 Å². The van der Waals surface area contributed by atoms with E-state index in [9.17, 15) is 23.1 Å². The Kier molecular flexibility index (Phi) is 12.9. The van der Waals surface area contributed by atoms with Crippen LogP contribution < -0.4 is 10.1 Å². The van der Waals surface area contributed by atoms with Gasteiger partial charge in [-0.1, -0.05) is 88.7 Å². The normalized spacial score (nSPS) is 16.0. The fourth-order valence-corrected chi connectivity index (χ4v) is 8.28. The molecular weight excluding hydrogens is 679 g/mol. The second-order valence-corrected chi connectivity index (χ2v) is 15.9. The Hall–Kier alpha value is -4.52. The van der Waals surface area contributed by atoms with Crippen molar-refractivity contribution in [3.63, 3.8) is 0 Å². The van der Waals surface area contributed by atoms with E-state index in [1.807, 2.05) is 94.4 Å². The van der Waals surface area contributed by atoms with Gasteiger partial charge in [-0.05, 0) is 60.2 Å². The molecule has 1 saturated heterocycles. The van der Waals surface area contributed by atoms with Crippen molar-refractivity contribution in [2.75, 3.05) is 33.3 Å². The topological polar surface area (TPSA) is 132 Å². The first-order valence-corrected chi connectivity index (χ1v) is 19.4. The number of aromatic nitrogens is 1. The fourth-order valence-electron chi connectivity index (χ4n) is 6.66. The van der Waals surface area contributed by atoms with Crippen molar-refractivity contribution in [1.82, 2.24) is 24.4 Å². The Balaban J connectivity index is 1.37. The summed E-state index contributed by atoms with van der Waals surface area (Å²) in [6.45, 7) is 8.79. The van der Waals surface area contributed by atoms with Crippen LogP contribution in [0.15, 0.2) is 95.9 Å². The number of ether oxygens (including phenoxy) is 1. The summed E-state index contributed by atoms with van der Waals surface area (Å²) in [5.74, 6) is -0.0844. The number of nitrogens with one attached hydrogen (secondary N) is 1. The van der Waals surface area contributed by atoms with E-state index in [1.165, 1.54) is 23.5 Å². The zero-order chi connectivity index (χ0) is 37.4. The smallest absolute Gasteiger partial charge is 0.321 e. The quantitative estimate of drug-likeness (QED) is 0.150. The van der Waals surface area contributed by atoms with E-state index >= 15 is 0 Å². The summed E-state index contributed by atoms with van der Waals surface area (Å²) < 4.78 is 34.3. The average molecular weight is 730 g/mol. The van der Waals surface area contributed by atoms with Crippen molar-refractivity contribution in [2.45, 2.75) is 70.2 Å². The maximum Gasteiger partial charge on any atom is 0.321 e. The van der Waals surface area contributed by atoms with Crippen molar-refractivity contribution in [3.8, 4) is 5.75 Å². The molecule has 0 radical (unpaired) electrons. The molecule has 0 bridgehead atoms. The number of aliphatic hydroxyl groups excluding tert-OH is 1. The number of sulfonamides is 1. The summed E-state index contributed by atoms with van der Waals surface area (Å²) in [6.07, 6.45) is -0.368. The molecule has 2 unspecified atom stereocenters. The Morgan fingerprint density at radius 1 is 0.942 bits per heavy atom. The molecule has 52 heavy (non-hydrogen) atoms. The van der Waals surface area contributed by atoms with Gasteiger partial charge in [0.15, 0.2) is 0 Å². The number of rotatable bonds is 17. The highest BCUT2D eigenvalue weighted by Gasteiger charge is 2.41. The number of para-hydroxylation sites is 1. The van der Waals surface area contributed by atoms with Crippen molar-refractivity contribution < 1.29 is 27.9 Å². The molecular formula is C40H51N5O6S. The van der Waals surface area contributed by atoms with Crippen molar-refractivity contribution >= 4 is 32.9 Å². The van der Waals surface area contributed by atoms with Gasteiger partial charge in [0.25, 0.3) is 0 Å². The molecule has 11 nitrogen and oxygen atoms in total. The molecule has 1 aliphatic rings. The van der Waals surface area contributed by atoms with Gasteiger partial charge in [-0.2, -0.15) is 4.31 Å². The molecule has 2 heterocycles. The fraction of sp³-hybridized carbons (Fsp3) is 0.425. The molecule has 1 aromatic heterocycles. The van der Waals surface area contributed by atoms with Gasteiger partial charge in [-0.15, -0.1) is 0 Å². The molecule has 1 aliphatic heterocycles. The molecule has 0 saturated carbocycles. The molecule has 1 fully saturated rings. The minimum atomic E-state index is -4.01. The molecule has 3 aromatic carbocycles. The number of aliphatic hydroxyl groups is 1. The van der Waals surface area contributed by atoms with Crippen LogP contribution in [0.2, 0.25) is 0 Å². The second-order valence-electron chi connectivity index (χ2n) is 14.0. The van der Waals surface area contributed by atoms with E-state index in [0.717, 1.165) is 22.2 Å². The number of hydrogen-bond acceptors (Lipinski definition) is 7. The van der Waals surface area contributed by atoms with Crippen LogP contribution in [0.4, 0.5) is 4.79 Å². The number of carbonyl (C=O) groups excluding carboxylic acids is 2. The molecule has 12 heteroatoms. The van der Waals surface area contributed by atoms with E-state index < -0.39 is 28.2 Å². The lowest BCUT2D eigenvalue weighted by atomic mass is 9.95. The third-order valence-corrected chi connectivity index (χ3v) is 11.5. The third kappa shape index (κ3) is 9.28. The largest absolute Gasteiger partial charge is 0.497 e. The summed E-state index contributed by atoms with van der Waals surface area (Å²) in [5.41, 5.74) is 2.49. The zero-order valence-electron chi connectivity index (χ0n) is 30.7. The molecule has 278 valence electrons. The first-order chi connectivity index (χ1) is 24.9. The number of benzene rings is 3. The summed E-state index contributed by atoms with van der Waals surface area (Å²) in [5, 5.41) is 15.9. The number of fused-ring (bicyclic) bond motifs is 1. The van der Waals surface area contributed by atoms with Gasteiger partial charge >= 0.3 is 6.03 Å². The third-order valence-electron chi connectivity index (χ3n) is 9.67. The second kappa shape index (κ2) is 17.3. The molecule has 3 amide bonds. The van der Waals surface area contributed by atoms with Crippen LogP contribution in [0, 0.1) is 11.8 Å². The van der Waals surface area contributed by atoms with Crippen LogP contribution in [-0.2, 0) is 27.8 Å². The molecule has 0 spiro atoms. The van der Waals surface area contributed by atoms with Gasteiger partial charge in [0.1, 0.15) is 11.8 Å². The van der Waals surface area contributed by atoms with E-state index in [0.29, 0.717) is 31.8 Å². The van der Waals surface area contributed by atoms with Crippen molar-refractivity contribution in [2.24, 2.45) is 11.8 Å². The van der Waals surface area contributed by atoms with Crippen molar-refractivity contribution in [1.29, 1.82) is 0 Å². The van der Waals surface area contributed by atoms with Gasteiger partial charge in [0, 0.05) is 31.6 Å².